The van der Waals surface area contributed by atoms with Gasteiger partial charge in [-0.3, -0.25) is 9.59 Å². The van der Waals surface area contributed by atoms with Gasteiger partial charge in [-0.1, -0.05) is 32.0 Å². The molecule has 1 amide bonds. The number of carbonyl (C=O) groups is 2. The first kappa shape index (κ1) is 20.9. The molecule has 172 valence electrons. The molecule has 5 nitrogen and oxygen atoms in total. The van der Waals surface area contributed by atoms with E-state index in [1.807, 2.05) is 12.1 Å². The van der Waals surface area contributed by atoms with Crippen molar-refractivity contribution in [3.05, 3.63) is 29.8 Å². The maximum atomic E-state index is 13.9. The Morgan fingerprint density at radius 1 is 0.969 bits per heavy atom. The highest BCUT2D eigenvalue weighted by atomic mass is 16.3. The van der Waals surface area contributed by atoms with Crippen LogP contribution in [-0.4, -0.2) is 28.0 Å². The highest BCUT2D eigenvalue weighted by Gasteiger charge is 2.67. The molecule has 6 rings (SSSR count). The maximum Gasteiger partial charge on any atom is 0.261 e. The summed E-state index contributed by atoms with van der Waals surface area (Å²) in [6.07, 6.45) is 7.41. The summed E-state index contributed by atoms with van der Waals surface area (Å²) in [5.74, 6) is 0.766. The Balaban J connectivity index is 1.35. The normalized spacial score (nSPS) is 49.6. The molecule has 32 heavy (non-hydrogen) atoms. The van der Waals surface area contributed by atoms with E-state index < -0.39 is 22.8 Å². The highest BCUT2D eigenvalue weighted by molar-refractivity contribution is 6.09. The lowest BCUT2D eigenvalue weighted by molar-refractivity contribution is -0.151. The van der Waals surface area contributed by atoms with Gasteiger partial charge >= 0.3 is 0 Å². The summed E-state index contributed by atoms with van der Waals surface area (Å²) in [7, 11) is 0. The van der Waals surface area contributed by atoms with Crippen LogP contribution in [0.4, 0.5) is 5.69 Å². The van der Waals surface area contributed by atoms with Crippen LogP contribution in [0.5, 0.6) is 0 Å². The van der Waals surface area contributed by atoms with Crippen LogP contribution in [0.2, 0.25) is 0 Å². The highest BCUT2D eigenvalue weighted by Crippen LogP contribution is 2.67. The minimum absolute atomic E-state index is 0.0849. The first-order valence-corrected chi connectivity index (χ1v) is 12.6. The fourth-order valence-electron chi connectivity index (χ4n) is 9.03. The molecule has 4 aliphatic carbocycles. The van der Waals surface area contributed by atoms with E-state index >= 15 is 0 Å². The second kappa shape index (κ2) is 6.66. The van der Waals surface area contributed by atoms with Crippen LogP contribution in [0.3, 0.4) is 0 Å². The molecule has 3 N–H and O–H groups in total. The number of nitrogens with one attached hydrogen (secondary N) is 1. The van der Waals surface area contributed by atoms with Gasteiger partial charge in [0.2, 0.25) is 0 Å². The second-order valence-corrected chi connectivity index (χ2v) is 12.0. The third-order valence-electron chi connectivity index (χ3n) is 10.8. The fraction of sp³-hybridized carbons (Fsp3) is 0.704. The zero-order valence-electron chi connectivity index (χ0n) is 19.1. The Kier molecular flexibility index (Phi) is 4.34. The van der Waals surface area contributed by atoms with Crippen molar-refractivity contribution in [3.8, 4) is 0 Å². The zero-order valence-corrected chi connectivity index (χ0v) is 19.1. The smallest absolute Gasteiger partial charge is 0.261 e. The molecule has 1 heterocycles. The summed E-state index contributed by atoms with van der Waals surface area (Å²) in [6.45, 7) is 4.54. The van der Waals surface area contributed by atoms with Crippen LogP contribution in [0.15, 0.2) is 24.3 Å². The van der Waals surface area contributed by atoms with Gasteiger partial charge in [-0.15, -0.1) is 0 Å². The lowest BCUT2D eigenvalue weighted by Crippen LogP contribution is -2.54. The number of rotatable bonds is 1. The summed E-state index contributed by atoms with van der Waals surface area (Å²) in [5.41, 5.74) is -0.812. The van der Waals surface area contributed by atoms with Crippen LogP contribution < -0.4 is 5.32 Å². The van der Waals surface area contributed by atoms with Gasteiger partial charge in [0.15, 0.2) is 5.60 Å². The maximum absolute atomic E-state index is 13.9. The topological polar surface area (TPSA) is 86.6 Å². The molecule has 5 aliphatic rings. The molecule has 0 saturated heterocycles. The summed E-state index contributed by atoms with van der Waals surface area (Å²) < 4.78 is 0. The number of hydrogen-bond acceptors (Lipinski definition) is 4. The molecule has 0 radical (unpaired) electrons. The fourth-order valence-corrected chi connectivity index (χ4v) is 9.03. The van der Waals surface area contributed by atoms with E-state index in [9.17, 15) is 19.8 Å². The minimum Gasteiger partial charge on any atom is -0.393 e. The molecule has 0 bridgehead atoms. The summed E-state index contributed by atoms with van der Waals surface area (Å²) in [6, 6.07) is 7.25. The number of aliphatic hydroxyl groups excluding tert-OH is 1. The second-order valence-electron chi connectivity index (χ2n) is 12.0. The Labute approximate surface area is 190 Å². The standard InChI is InChI=1S/C27H35NO4/c1-25-11-9-16(29)13-15(25)7-8-17-18(25)10-12-26(2)20(17)14-21(23(26)30)27(32)19-5-3-4-6-22(19)28-24(27)31/h3-6,15-18,20-21,29,32H,7-14H2,1-2H3,(H,28,31)/t15-,16-,17-,18+,20+,21+,25-,26-,27+/m0/s1. The molecule has 0 spiro atoms. The third-order valence-corrected chi connectivity index (χ3v) is 10.8. The van der Waals surface area contributed by atoms with Crippen molar-refractivity contribution in [1.29, 1.82) is 0 Å². The average Bonchev–Trinajstić information content (AvgIpc) is 3.20. The van der Waals surface area contributed by atoms with Gasteiger partial charge < -0.3 is 15.5 Å². The summed E-state index contributed by atoms with van der Waals surface area (Å²) in [4.78, 5) is 26.9. The van der Waals surface area contributed by atoms with Crippen LogP contribution in [0.1, 0.15) is 70.8 Å². The number of Topliss-reactive ketones (excluding diaryl/α,β-unsaturated/α-hetero) is 1. The lowest BCUT2D eigenvalue weighted by atomic mass is 9.45. The zero-order chi connectivity index (χ0) is 22.5. The van der Waals surface area contributed by atoms with Gasteiger partial charge in [0.25, 0.3) is 5.91 Å². The van der Waals surface area contributed by atoms with Crippen molar-refractivity contribution < 1.29 is 19.8 Å². The number of aliphatic hydroxyl groups is 2. The predicted molar refractivity (Wildman–Crippen MR) is 121 cm³/mol. The van der Waals surface area contributed by atoms with Crippen molar-refractivity contribution in [1.82, 2.24) is 0 Å². The molecule has 9 atom stereocenters. The van der Waals surface area contributed by atoms with E-state index in [0.717, 1.165) is 44.9 Å². The summed E-state index contributed by atoms with van der Waals surface area (Å²) in [5, 5.41) is 24.8. The molecular weight excluding hydrogens is 402 g/mol. The van der Waals surface area contributed by atoms with Crippen LogP contribution >= 0.6 is 0 Å². The van der Waals surface area contributed by atoms with Gasteiger partial charge in [0.05, 0.1) is 12.0 Å². The quantitative estimate of drug-likeness (QED) is 0.619. The van der Waals surface area contributed by atoms with E-state index in [1.165, 1.54) is 0 Å². The Morgan fingerprint density at radius 3 is 2.56 bits per heavy atom. The van der Waals surface area contributed by atoms with Gasteiger partial charge in [0.1, 0.15) is 5.78 Å². The van der Waals surface area contributed by atoms with E-state index in [2.05, 4.69) is 19.2 Å². The van der Waals surface area contributed by atoms with Crippen molar-refractivity contribution in [2.75, 3.05) is 5.32 Å². The van der Waals surface area contributed by atoms with Gasteiger partial charge in [-0.2, -0.15) is 0 Å². The first-order chi connectivity index (χ1) is 15.2. The Hall–Kier alpha value is -1.72. The monoisotopic (exact) mass is 437 g/mol. The predicted octanol–water partition coefficient (Wildman–Crippen LogP) is 4.03. The molecule has 4 fully saturated rings. The van der Waals surface area contributed by atoms with Crippen molar-refractivity contribution >= 4 is 17.4 Å². The third kappa shape index (κ3) is 2.47. The number of benzene rings is 1. The van der Waals surface area contributed by atoms with Gasteiger partial charge in [-0.05, 0) is 86.5 Å². The van der Waals surface area contributed by atoms with Gasteiger partial charge in [-0.25, -0.2) is 0 Å². The first-order valence-electron chi connectivity index (χ1n) is 12.6. The number of hydrogen-bond donors (Lipinski definition) is 3. The van der Waals surface area contributed by atoms with E-state index in [1.54, 1.807) is 12.1 Å². The van der Waals surface area contributed by atoms with Crippen molar-refractivity contribution in [2.45, 2.75) is 76.9 Å². The van der Waals surface area contributed by atoms with Gasteiger partial charge in [0, 0.05) is 16.7 Å². The number of ketones is 1. The van der Waals surface area contributed by atoms with Crippen LogP contribution in [0, 0.1) is 40.4 Å². The lowest BCUT2D eigenvalue weighted by Gasteiger charge is -2.60. The van der Waals surface area contributed by atoms with E-state index in [-0.39, 0.29) is 23.2 Å². The Bertz CT molecular complexity index is 992. The number of anilines is 1. The molecule has 0 unspecified atom stereocenters. The number of amides is 1. The molecule has 1 aromatic carbocycles. The summed E-state index contributed by atoms with van der Waals surface area (Å²) >= 11 is 0. The minimum atomic E-state index is -1.76. The van der Waals surface area contributed by atoms with Crippen molar-refractivity contribution in [2.24, 2.45) is 40.4 Å². The van der Waals surface area contributed by atoms with Crippen LogP contribution in [-0.2, 0) is 15.2 Å². The molecule has 4 saturated carbocycles. The molecule has 1 aromatic rings. The number of fused-ring (bicyclic) bond motifs is 6. The van der Waals surface area contributed by atoms with E-state index in [0.29, 0.717) is 35.4 Å². The largest absolute Gasteiger partial charge is 0.393 e. The molecule has 1 aliphatic heterocycles. The average molecular weight is 438 g/mol. The number of carbonyl (C=O) groups excluding carboxylic acids is 2. The van der Waals surface area contributed by atoms with Crippen LogP contribution in [0.25, 0.3) is 0 Å². The SMILES string of the molecule is C[C@]12CC[C@H](O)C[C@@H]1CC[C@H]1[C@H]2CC[C@]2(C)C(=O)[C@H]([C@@]3(O)C(=O)Nc4ccccc43)C[C@H]12. The Morgan fingerprint density at radius 2 is 1.75 bits per heavy atom. The number of para-hydroxylation sites is 1. The molecule has 5 heteroatoms. The molecule has 0 aromatic heterocycles. The van der Waals surface area contributed by atoms with Crippen molar-refractivity contribution in [3.63, 3.8) is 0 Å². The molecular formula is C27H35NO4. The van der Waals surface area contributed by atoms with E-state index in [4.69, 9.17) is 0 Å².